The van der Waals surface area contributed by atoms with Crippen LogP contribution in [0.25, 0.3) is 10.8 Å². The van der Waals surface area contributed by atoms with Crippen LogP contribution in [0.4, 0.5) is 4.39 Å². The molecule has 0 spiro atoms. The Hall–Kier alpha value is -3.28. The van der Waals surface area contributed by atoms with Crippen LogP contribution in [0, 0.1) is 5.82 Å². The Bertz CT molecular complexity index is 925. The zero-order chi connectivity index (χ0) is 16.4. The van der Waals surface area contributed by atoms with Gasteiger partial charge in [0.15, 0.2) is 23.6 Å². The summed E-state index contributed by atoms with van der Waals surface area (Å²) in [6.45, 7) is 0. The highest BCUT2D eigenvalue weighted by Gasteiger charge is 2.12. The van der Waals surface area contributed by atoms with E-state index < -0.39 is 11.7 Å². The maximum Gasteiger partial charge on any atom is 0.248 e. The van der Waals surface area contributed by atoms with Crippen LogP contribution in [0.15, 0.2) is 48.7 Å². The molecule has 23 heavy (non-hydrogen) atoms. The maximum absolute atomic E-state index is 14.0. The van der Waals surface area contributed by atoms with E-state index in [1.165, 1.54) is 18.3 Å². The molecule has 0 unspecified atom stereocenters. The van der Waals surface area contributed by atoms with Gasteiger partial charge in [-0.15, -0.1) is 0 Å². The number of primary amides is 1. The zero-order valence-corrected chi connectivity index (χ0v) is 11.8. The molecule has 0 aliphatic rings. The number of nitrogens with two attached hydrogens (primary N) is 1. The largest absolute Gasteiger partial charge is 0.452 e. The minimum absolute atomic E-state index is 0.0501. The third kappa shape index (κ3) is 2.74. The van der Waals surface area contributed by atoms with Gasteiger partial charge in [-0.2, -0.15) is 0 Å². The Kier molecular flexibility index (Phi) is 3.72. The van der Waals surface area contributed by atoms with E-state index in [1.807, 2.05) is 0 Å². The molecule has 3 rings (SSSR count). The number of aromatic nitrogens is 1. The number of benzene rings is 2. The summed E-state index contributed by atoms with van der Waals surface area (Å²) in [6.07, 6.45) is 2.00. The van der Waals surface area contributed by atoms with Crippen molar-refractivity contribution >= 4 is 23.0 Å². The van der Waals surface area contributed by atoms with Gasteiger partial charge in [-0.3, -0.25) is 9.59 Å². The summed E-state index contributed by atoms with van der Waals surface area (Å²) < 4.78 is 19.6. The molecule has 0 aliphatic heterocycles. The van der Waals surface area contributed by atoms with E-state index in [-0.39, 0.29) is 17.0 Å². The lowest BCUT2D eigenvalue weighted by atomic mass is 10.1. The standard InChI is InChI=1S/C17H11FN2O3/c18-13-7-10(17(19)22)5-6-15(13)23-16-8-20-14(9-21)11-3-1-2-4-12(11)16/h1-9H,(H2,19,22). The van der Waals surface area contributed by atoms with Gasteiger partial charge in [0.1, 0.15) is 5.69 Å². The summed E-state index contributed by atoms with van der Waals surface area (Å²) in [7, 11) is 0. The number of carbonyl (C=O) groups is 2. The lowest BCUT2D eigenvalue weighted by Crippen LogP contribution is -2.11. The van der Waals surface area contributed by atoms with Gasteiger partial charge in [-0.25, -0.2) is 9.37 Å². The van der Waals surface area contributed by atoms with Crippen LogP contribution in [0.2, 0.25) is 0 Å². The Balaban J connectivity index is 2.06. The minimum Gasteiger partial charge on any atom is -0.452 e. The van der Waals surface area contributed by atoms with Crippen molar-refractivity contribution in [3.63, 3.8) is 0 Å². The van der Waals surface area contributed by atoms with Gasteiger partial charge < -0.3 is 10.5 Å². The first kappa shape index (κ1) is 14.6. The van der Waals surface area contributed by atoms with Gasteiger partial charge in [0.2, 0.25) is 5.91 Å². The second-order valence-corrected chi connectivity index (χ2v) is 4.78. The van der Waals surface area contributed by atoms with Crippen LogP contribution in [-0.2, 0) is 0 Å². The van der Waals surface area contributed by atoms with Crippen LogP contribution in [0.5, 0.6) is 11.5 Å². The topological polar surface area (TPSA) is 82.3 Å². The molecule has 0 atom stereocenters. The van der Waals surface area contributed by atoms with Crippen LogP contribution in [-0.4, -0.2) is 17.2 Å². The number of halogens is 1. The fourth-order valence-corrected chi connectivity index (χ4v) is 2.22. The quantitative estimate of drug-likeness (QED) is 0.751. The molecule has 2 aromatic carbocycles. The van der Waals surface area contributed by atoms with E-state index in [4.69, 9.17) is 10.5 Å². The van der Waals surface area contributed by atoms with E-state index in [0.717, 1.165) is 6.07 Å². The number of fused-ring (bicyclic) bond motifs is 1. The zero-order valence-electron chi connectivity index (χ0n) is 11.8. The van der Waals surface area contributed by atoms with Crippen molar-refractivity contribution in [2.75, 3.05) is 0 Å². The van der Waals surface area contributed by atoms with Crippen molar-refractivity contribution in [1.82, 2.24) is 4.98 Å². The molecule has 0 saturated heterocycles. The number of aldehydes is 1. The summed E-state index contributed by atoms with van der Waals surface area (Å²) >= 11 is 0. The first-order valence-electron chi connectivity index (χ1n) is 6.70. The smallest absolute Gasteiger partial charge is 0.248 e. The molecule has 1 amide bonds. The number of rotatable bonds is 4. The minimum atomic E-state index is -0.724. The van der Waals surface area contributed by atoms with E-state index in [1.54, 1.807) is 24.3 Å². The highest BCUT2D eigenvalue weighted by molar-refractivity contribution is 5.99. The van der Waals surface area contributed by atoms with Crippen LogP contribution in [0.3, 0.4) is 0 Å². The molecule has 1 aromatic heterocycles. The highest BCUT2D eigenvalue weighted by Crippen LogP contribution is 2.31. The molecule has 0 aliphatic carbocycles. The van der Waals surface area contributed by atoms with Gasteiger partial charge in [-0.1, -0.05) is 24.3 Å². The fourth-order valence-electron chi connectivity index (χ4n) is 2.22. The van der Waals surface area contributed by atoms with Gasteiger partial charge in [-0.05, 0) is 18.2 Å². The molecule has 0 fully saturated rings. The van der Waals surface area contributed by atoms with Crippen molar-refractivity contribution < 1.29 is 18.7 Å². The second kappa shape index (κ2) is 5.84. The number of nitrogens with zero attached hydrogens (tertiary/aromatic N) is 1. The average molecular weight is 310 g/mol. The fraction of sp³-hybridized carbons (Fsp3) is 0. The summed E-state index contributed by atoms with van der Waals surface area (Å²) in [4.78, 5) is 26.1. The average Bonchev–Trinajstić information content (AvgIpc) is 2.56. The third-order valence-corrected chi connectivity index (χ3v) is 3.34. The summed E-state index contributed by atoms with van der Waals surface area (Å²) in [5.41, 5.74) is 5.43. The van der Waals surface area contributed by atoms with E-state index in [0.29, 0.717) is 22.8 Å². The second-order valence-electron chi connectivity index (χ2n) is 4.78. The van der Waals surface area contributed by atoms with Crippen LogP contribution < -0.4 is 10.5 Å². The van der Waals surface area contributed by atoms with Gasteiger partial charge in [0, 0.05) is 16.3 Å². The van der Waals surface area contributed by atoms with Crippen LogP contribution >= 0.6 is 0 Å². The number of amides is 1. The molecule has 5 nitrogen and oxygen atoms in total. The predicted octanol–water partition coefficient (Wildman–Crippen LogP) is 3.08. The summed E-state index contributed by atoms with van der Waals surface area (Å²) in [5, 5.41) is 1.23. The monoisotopic (exact) mass is 310 g/mol. The van der Waals surface area contributed by atoms with Crippen molar-refractivity contribution in [3.05, 3.63) is 65.7 Å². The molecule has 0 radical (unpaired) electrons. The first-order chi connectivity index (χ1) is 11.1. The number of carbonyl (C=O) groups excluding carboxylic acids is 2. The normalized spacial score (nSPS) is 10.5. The van der Waals surface area contributed by atoms with Crippen LogP contribution in [0.1, 0.15) is 20.8 Å². The summed E-state index contributed by atoms with van der Waals surface area (Å²) in [6, 6.07) is 10.7. The Morgan fingerprint density at radius 1 is 1.13 bits per heavy atom. The molecule has 0 bridgehead atoms. The van der Waals surface area contributed by atoms with Gasteiger partial charge >= 0.3 is 0 Å². The SMILES string of the molecule is NC(=O)c1ccc(Oc2cnc(C=O)c3ccccc23)c(F)c1. The molecule has 114 valence electrons. The molecule has 2 N–H and O–H groups in total. The Morgan fingerprint density at radius 2 is 1.87 bits per heavy atom. The number of pyridine rings is 1. The lowest BCUT2D eigenvalue weighted by molar-refractivity contribution is 0.0999. The highest BCUT2D eigenvalue weighted by atomic mass is 19.1. The first-order valence-corrected chi connectivity index (χ1v) is 6.70. The molecule has 3 aromatic rings. The number of hydrogen-bond donors (Lipinski definition) is 1. The molecular formula is C17H11FN2O3. The van der Waals surface area contributed by atoms with Crippen molar-refractivity contribution in [1.29, 1.82) is 0 Å². The number of hydrogen-bond acceptors (Lipinski definition) is 4. The van der Waals surface area contributed by atoms with Crippen molar-refractivity contribution in [3.8, 4) is 11.5 Å². The molecule has 1 heterocycles. The predicted molar refractivity (Wildman–Crippen MR) is 82.1 cm³/mol. The summed E-state index contributed by atoms with van der Waals surface area (Å²) in [5.74, 6) is -1.21. The molecular weight excluding hydrogens is 299 g/mol. The Labute approximate surface area is 130 Å². The Morgan fingerprint density at radius 3 is 2.52 bits per heavy atom. The third-order valence-electron chi connectivity index (χ3n) is 3.34. The van der Waals surface area contributed by atoms with Gasteiger partial charge in [0.25, 0.3) is 0 Å². The maximum atomic E-state index is 14.0. The van der Waals surface area contributed by atoms with Crippen molar-refractivity contribution in [2.45, 2.75) is 0 Å². The van der Waals surface area contributed by atoms with E-state index >= 15 is 0 Å². The van der Waals surface area contributed by atoms with Crippen molar-refractivity contribution in [2.24, 2.45) is 5.73 Å². The van der Waals surface area contributed by atoms with E-state index in [2.05, 4.69) is 4.98 Å². The lowest BCUT2D eigenvalue weighted by Gasteiger charge is -2.10. The molecule has 6 heteroatoms. The number of ether oxygens (including phenoxy) is 1. The van der Waals surface area contributed by atoms with Gasteiger partial charge in [0.05, 0.1) is 6.20 Å². The van der Waals surface area contributed by atoms with E-state index in [9.17, 15) is 14.0 Å². The molecule has 0 saturated carbocycles.